The summed E-state index contributed by atoms with van der Waals surface area (Å²) in [5.74, 6) is 1.13. The van der Waals surface area contributed by atoms with Crippen molar-refractivity contribution in [2.75, 3.05) is 42.9 Å². The molecule has 27 heavy (non-hydrogen) atoms. The van der Waals surface area contributed by atoms with Gasteiger partial charge in [-0.05, 0) is 36.2 Å². The summed E-state index contributed by atoms with van der Waals surface area (Å²) < 4.78 is 2.00. The fourth-order valence-corrected chi connectivity index (χ4v) is 3.45. The van der Waals surface area contributed by atoms with Gasteiger partial charge in [-0.1, -0.05) is 25.1 Å². The van der Waals surface area contributed by atoms with Crippen molar-refractivity contribution in [3.8, 4) is 0 Å². The minimum Gasteiger partial charge on any atom is -0.355 e. The molecule has 0 spiro atoms. The Bertz CT molecular complexity index is 912. The number of fused-ring (bicyclic) bond motifs is 1. The Morgan fingerprint density at radius 1 is 1.07 bits per heavy atom. The number of aromatic nitrogens is 3. The molecule has 1 aliphatic rings. The summed E-state index contributed by atoms with van der Waals surface area (Å²) in [6.45, 7) is 5.98. The molecule has 1 N–H and O–H groups in total. The molecule has 4 rings (SSSR count). The van der Waals surface area contributed by atoms with Crippen LogP contribution in [0.25, 0.3) is 5.65 Å². The van der Waals surface area contributed by atoms with Gasteiger partial charge in [0.2, 0.25) is 5.91 Å². The van der Waals surface area contributed by atoms with Crippen LogP contribution < -0.4 is 10.2 Å². The zero-order valence-corrected chi connectivity index (χ0v) is 15.5. The number of hydrogen-bond donors (Lipinski definition) is 1. The summed E-state index contributed by atoms with van der Waals surface area (Å²) in [5, 5.41) is 11.1. The van der Waals surface area contributed by atoms with Gasteiger partial charge in [-0.15, -0.1) is 10.2 Å². The molecular formula is C20H24N6O. The van der Waals surface area contributed by atoms with Gasteiger partial charge in [-0.3, -0.25) is 14.1 Å². The monoisotopic (exact) mass is 364 g/mol. The van der Waals surface area contributed by atoms with Crippen LogP contribution in [0.4, 0.5) is 11.5 Å². The molecule has 2 aromatic heterocycles. The Kier molecular flexibility index (Phi) is 5.02. The third kappa shape index (κ3) is 3.93. The molecule has 0 unspecified atom stereocenters. The van der Waals surface area contributed by atoms with E-state index in [0.717, 1.165) is 49.8 Å². The van der Waals surface area contributed by atoms with Gasteiger partial charge in [0.25, 0.3) is 0 Å². The average molecular weight is 364 g/mol. The van der Waals surface area contributed by atoms with Crippen LogP contribution in [0.5, 0.6) is 0 Å². The predicted octanol–water partition coefficient (Wildman–Crippen LogP) is 2.05. The summed E-state index contributed by atoms with van der Waals surface area (Å²) in [6.07, 6.45) is 2.75. The number of carbonyl (C=O) groups is 1. The van der Waals surface area contributed by atoms with Crippen molar-refractivity contribution < 1.29 is 4.79 Å². The minimum absolute atomic E-state index is 0.0357. The van der Waals surface area contributed by atoms with Crippen molar-refractivity contribution in [2.45, 2.75) is 13.3 Å². The number of nitrogens with zero attached hydrogens (tertiary/aromatic N) is 5. The molecule has 0 saturated carbocycles. The second-order valence-electron chi connectivity index (χ2n) is 6.80. The normalized spacial score (nSPS) is 15.2. The Balaban J connectivity index is 1.31. The molecule has 7 heteroatoms. The molecule has 1 amide bonds. The highest BCUT2D eigenvalue weighted by molar-refractivity contribution is 5.92. The third-order valence-electron chi connectivity index (χ3n) is 5.02. The summed E-state index contributed by atoms with van der Waals surface area (Å²) in [4.78, 5) is 16.8. The van der Waals surface area contributed by atoms with Crippen LogP contribution in [0, 0.1) is 0 Å². The van der Waals surface area contributed by atoms with Crippen molar-refractivity contribution in [3.05, 3.63) is 54.4 Å². The van der Waals surface area contributed by atoms with E-state index in [1.165, 1.54) is 5.56 Å². The highest BCUT2D eigenvalue weighted by atomic mass is 16.2. The SMILES string of the molecule is CCc1ccc(NC(=O)CN2CCN(c3cccc4nncn34)CC2)cc1. The molecule has 0 radical (unpaired) electrons. The van der Waals surface area contributed by atoms with E-state index in [9.17, 15) is 4.79 Å². The molecule has 0 bridgehead atoms. The first-order valence-corrected chi connectivity index (χ1v) is 9.38. The van der Waals surface area contributed by atoms with Crippen LogP contribution in [0.2, 0.25) is 0 Å². The lowest BCUT2D eigenvalue weighted by molar-refractivity contribution is -0.117. The van der Waals surface area contributed by atoms with Crippen molar-refractivity contribution in [1.82, 2.24) is 19.5 Å². The Morgan fingerprint density at radius 2 is 1.85 bits per heavy atom. The second kappa shape index (κ2) is 7.75. The number of hydrogen-bond acceptors (Lipinski definition) is 5. The lowest BCUT2D eigenvalue weighted by Gasteiger charge is -2.35. The van der Waals surface area contributed by atoms with Gasteiger partial charge in [0, 0.05) is 31.9 Å². The van der Waals surface area contributed by atoms with E-state index in [2.05, 4.69) is 50.4 Å². The summed E-state index contributed by atoms with van der Waals surface area (Å²) in [7, 11) is 0. The fourth-order valence-electron chi connectivity index (χ4n) is 3.45. The predicted molar refractivity (Wildman–Crippen MR) is 106 cm³/mol. The lowest BCUT2D eigenvalue weighted by Crippen LogP contribution is -2.49. The standard InChI is InChI=1S/C20H24N6O/c1-2-16-6-8-17(9-7-16)22-19(27)14-24-10-12-25(13-11-24)20-5-3-4-18-23-21-15-26(18)20/h3-9,15H,2,10-14H2,1H3,(H,22,27). The second-order valence-corrected chi connectivity index (χ2v) is 6.80. The van der Waals surface area contributed by atoms with Crippen molar-refractivity contribution in [3.63, 3.8) is 0 Å². The van der Waals surface area contributed by atoms with Crippen LogP contribution >= 0.6 is 0 Å². The van der Waals surface area contributed by atoms with E-state index in [1.54, 1.807) is 6.33 Å². The van der Waals surface area contributed by atoms with Crippen molar-refractivity contribution in [2.24, 2.45) is 0 Å². The van der Waals surface area contributed by atoms with Crippen molar-refractivity contribution >= 4 is 23.1 Å². The first kappa shape index (κ1) is 17.5. The minimum atomic E-state index is 0.0357. The van der Waals surface area contributed by atoms with Gasteiger partial charge in [0.15, 0.2) is 5.65 Å². The van der Waals surface area contributed by atoms with E-state index in [1.807, 2.05) is 28.7 Å². The largest absolute Gasteiger partial charge is 0.355 e. The number of benzene rings is 1. The van der Waals surface area contributed by atoms with Gasteiger partial charge in [-0.2, -0.15) is 0 Å². The number of rotatable bonds is 5. The van der Waals surface area contributed by atoms with E-state index < -0.39 is 0 Å². The molecule has 1 aromatic carbocycles. The fraction of sp³-hybridized carbons (Fsp3) is 0.350. The van der Waals surface area contributed by atoms with Gasteiger partial charge < -0.3 is 10.2 Å². The van der Waals surface area contributed by atoms with E-state index in [-0.39, 0.29) is 5.91 Å². The van der Waals surface area contributed by atoms with Crippen LogP contribution in [-0.4, -0.2) is 58.1 Å². The highest BCUT2D eigenvalue weighted by Gasteiger charge is 2.20. The van der Waals surface area contributed by atoms with Crippen LogP contribution in [-0.2, 0) is 11.2 Å². The smallest absolute Gasteiger partial charge is 0.238 e. The summed E-state index contributed by atoms with van der Waals surface area (Å²) >= 11 is 0. The first-order chi connectivity index (χ1) is 13.2. The zero-order valence-electron chi connectivity index (χ0n) is 15.5. The maximum Gasteiger partial charge on any atom is 0.238 e. The highest BCUT2D eigenvalue weighted by Crippen LogP contribution is 2.17. The van der Waals surface area contributed by atoms with Gasteiger partial charge in [0.1, 0.15) is 12.1 Å². The molecule has 3 aromatic rings. The van der Waals surface area contributed by atoms with E-state index >= 15 is 0 Å². The molecule has 1 aliphatic heterocycles. The van der Waals surface area contributed by atoms with Crippen LogP contribution in [0.3, 0.4) is 0 Å². The molecule has 0 aliphatic carbocycles. The number of amides is 1. The number of aryl methyl sites for hydroxylation is 1. The number of anilines is 2. The third-order valence-corrected chi connectivity index (χ3v) is 5.02. The van der Waals surface area contributed by atoms with Crippen LogP contribution in [0.1, 0.15) is 12.5 Å². The molecule has 3 heterocycles. The number of piperazine rings is 1. The maximum absolute atomic E-state index is 12.3. The molecule has 7 nitrogen and oxygen atoms in total. The van der Waals surface area contributed by atoms with Crippen LogP contribution in [0.15, 0.2) is 48.8 Å². The summed E-state index contributed by atoms with van der Waals surface area (Å²) in [6, 6.07) is 14.1. The average Bonchev–Trinajstić information content (AvgIpc) is 3.18. The first-order valence-electron chi connectivity index (χ1n) is 9.38. The zero-order chi connectivity index (χ0) is 18.6. The van der Waals surface area contributed by atoms with Gasteiger partial charge in [-0.25, -0.2) is 0 Å². The Morgan fingerprint density at radius 3 is 2.59 bits per heavy atom. The Labute approximate surface area is 158 Å². The van der Waals surface area contributed by atoms with E-state index in [4.69, 9.17) is 0 Å². The van der Waals surface area contributed by atoms with Crippen molar-refractivity contribution in [1.29, 1.82) is 0 Å². The molecular weight excluding hydrogens is 340 g/mol. The maximum atomic E-state index is 12.3. The molecule has 0 atom stereocenters. The lowest BCUT2D eigenvalue weighted by atomic mass is 10.1. The van der Waals surface area contributed by atoms with Gasteiger partial charge >= 0.3 is 0 Å². The molecule has 1 saturated heterocycles. The molecule has 1 fully saturated rings. The van der Waals surface area contributed by atoms with Gasteiger partial charge in [0.05, 0.1) is 6.54 Å². The quantitative estimate of drug-likeness (QED) is 0.751. The Hall–Kier alpha value is -2.93. The number of nitrogens with one attached hydrogen (secondary N) is 1. The summed E-state index contributed by atoms with van der Waals surface area (Å²) in [5.41, 5.74) is 2.98. The molecule has 140 valence electrons. The topological polar surface area (TPSA) is 65.8 Å². The number of carbonyl (C=O) groups excluding carboxylic acids is 1. The van der Waals surface area contributed by atoms with E-state index in [0.29, 0.717) is 6.54 Å². The number of pyridine rings is 1.